The largest absolute Gasteiger partial charge is 0.416 e. The quantitative estimate of drug-likeness (QED) is 0.621. The summed E-state index contributed by atoms with van der Waals surface area (Å²) in [6.07, 6.45) is -11.3. The van der Waals surface area contributed by atoms with Crippen LogP contribution in [0, 0.1) is 5.82 Å². The predicted octanol–water partition coefficient (Wildman–Crippen LogP) is 5.34. The molecule has 174 valence electrons. The van der Waals surface area contributed by atoms with Crippen LogP contribution in [-0.2, 0) is 17.1 Å². The SMILES string of the molecule is C[C@@H](O[C@@H]1CN2CNC[C@@H]2[C@H]1c1ccc(F)cc1)c1cc(C(F)(F)F)cc(C(F)(F)F)c1. The van der Waals surface area contributed by atoms with E-state index in [1.54, 1.807) is 12.1 Å². The van der Waals surface area contributed by atoms with Gasteiger partial charge in [0.1, 0.15) is 5.82 Å². The number of rotatable bonds is 4. The van der Waals surface area contributed by atoms with Gasteiger partial charge in [0.15, 0.2) is 0 Å². The number of benzene rings is 2. The first-order valence-corrected chi connectivity index (χ1v) is 10.1. The van der Waals surface area contributed by atoms with E-state index in [0.717, 1.165) is 5.56 Å². The molecule has 2 fully saturated rings. The first kappa shape index (κ1) is 23.0. The number of nitrogens with zero attached hydrogens (tertiary/aromatic N) is 1. The molecule has 4 atom stereocenters. The van der Waals surface area contributed by atoms with Gasteiger partial charge in [0.25, 0.3) is 0 Å². The zero-order valence-electron chi connectivity index (χ0n) is 17.0. The van der Waals surface area contributed by atoms with Crippen molar-refractivity contribution in [2.24, 2.45) is 0 Å². The van der Waals surface area contributed by atoms with Crippen LogP contribution in [0.5, 0.6) is 0 Å². The van der Waals surface area contributed by atoms with Crippen LogP contribution in [0.1, 0.15) is 41.2 Å². The molecule has 0 aliphatic carbocycles. The summed E-state index contributed by atoms with van der Waals surface area (Å²) < 4.78 is 98.8. The lowest BCUT2D eigenvalue weighted by molar-refractivity contribution is -0.143. The van der Waals surface area contributed by atoms with Gasteiger partial charge in [0, 0.05) is 31.7 Å². The average Bonchev–Trinajstić information content (AvgIpc) is 3.28. The van der Waals surface area contributed by atoms with Gasteiger partial charge in [-0.05, 0) is 48.4 Å². The highest BCUT2D eigenvalue weighted by molar-refractivity contribution is 5.35. The summed E-state index contributed by atoms with van der Waals surface area (Å²) in [6, 6.07) is 7.45. The number of alkyl halides is 6. The van der Waals surface area contributed by atoms with Gasteiger partial charge in [-0.15, -0.1) is 0 Å². The molecule has 2 aromatic carbocycles. The second-order valence-electron chi connectivity index (χ2n) is 8.18. The molecule has 2 heterocycles. The Morgan fingerprint density at radius 1 is 0.969 bits per heavy atom. The van der Waals surface area contributed by atoms with Crippen LogP contribution in [0.4, 0.5) is 30.7 Å². The average molecular weight is 462 g/mol. The summed E-state index contributed by atoms with van der Waals surface area (Å²) in [6.45, 7) is 3.14. The minimum Gasteiger partial charge on any atom is -0.369 e. The molecule has 2 saturated heterocycles. The van der Waals surface area contributed by atoms with E-state index in [1.807, 2.05) is 0 Å². The number of hydrogen-bond acceptors (Lipinski definition) is 3. The van der Waals surface area contributed by atoms with Crippen LogP contribution in [0.3, 0.4) is 0 Å². The molecule has 1 N–H and O–H groups in total. The van der Waals surface area contributed by atoms with Gasteiger partial charge >= 0.3 is 12.4 Å². The number of ether oxygens (including phenoxy) is 1. The van der Waals surface area contributed by atoms with E-state index in [-0.39, 0.29) is 23.6 Å². The minimum absolute atomic E-state index is 0.0323. The Kier molecular flexibility index (Phi) is 5.98. The van der Waals surface area contributed by atoms with E-state index in [9.17, 15) is 30.7 Å². The van der Waals surface area contributed by atoms with Crippen molar-refractivity contribution in [3.63, 3.8) is 0 Å². The van der Waals surface area contributed by atoms with E-state index in [4.69, 9.17) is 4.74 Å². The van der Waals surface area contributed by atoms with Gasteiger partial charge in [0.05, 0.1) is 23.3 Å². The van der Waals surface area contributed by atoms with E-state index >= 15 is 0 Å². The zero-order valence-corrected chi connectivity index (χ0v) is 17.0. The molecule has 3 nitrogen and oxygen atoms in total. The Morgan fingerprint density at radius 2 is 1.56 bits per heavy atom. The molecule has 0 unspecified atom stereocenters. The summed E-state index contributed by atoms with van der Waals surface area (Å²) in [5, 5.41) is 3.24. The van der Waals surface area contributed by atoms with Crippen molar-refractivity contribution in [3.05, 3.63) is 70.5 Å². The predicted molar refractivity (Wildman–Crippen MR) is 102 cm³/mol. The Labute approximate surface area is 180 Å². The molecular formula is C22H21F7N2O. The van der Waals surface area contributed by atoms with Gasteiger partial charge < -0.3 is 10.1 Å². The van der Waals surface area contributed by atoms with Crippen LogP contribution in [0.25, 0.3) is 0 Å². The molecule has 10 heteroatoms. The first-order valence-electron chi connectivity index (χ1n) is 10.1. The highest BCUT2D eigenvalue weighted by atomic mass is 19.4. The second kappa shape index (κ2) is 8.31. The number of fused-ring (bicyclic) bond motifs is 1. The molecule has 2 aliphatic rings. The standard InChI is InChI=1S/C22H21F7N2O/c1-12(14-6-15(21(24,25)26)8-16(7-14)22(27,28)29)32-19-10-31-11-30-9-18(31)20(19)13-2-4-17(23)5-3-13/h2-8,12,18-20,30H,9-11H2,1H3/t12-,18-,19-,20-/m1/s1. The fraction of sp³-hybridized carbons (Fsp3) is 0.455. The maximum Gasteiger partial charge on any atom is 0.416 e. The third-order valence-corrected chi connectivity index (χ3v) is 6.08. The van der Waals surface area contributed by atoms with Crippen molar-refractivity contribution in [1.29, 1.82) is 0 Å². The van der Waals surface area contributed by atoms with Gasteiger partial charge in [-0.1, -0.05) is 12.1 Å². The Hall–Kier alpha value is -2.17. The topological polar surface area (TPSA) is 24.5 Å². The number of nitrogens with one attached hydrogen (secondary N) is 1. The van der Waals surface area contributed by atoms with E-state index < -0.39 is 41.5 Å². The number of hydrogen-bond donors (Lipinski definition) is 1. The normalized spacial score (nSPS) is 25.2. The highest BCUT2D eigenvalue weighted by Gasteiger charge is 2.46. The lowest BCUT2D eigenvalue weighted by atomic mass is 9.89. The van der Waals surface area contributed by atoms with Crippen molar-refractivity contribution in [1.82, 2.24) is 10.2 Å². The third kappa shape index (κ3) is 4.62. The Morgan fingerprint density at radius 3 is 2.12 bits per heavy atom. The van der Waals surface area contributed by atoms with Crippen molar-refractivity contribution < 1.29 is 35.5 Å². The maximum absolute atomic E-state index is 13.4. The van der Waals surface area contributed by atoms with Crippen molar-refractivity contribution in [3.8, 4) is 0 Å². The van der Waals surface area contributed by atoms with Crippen LogP contribution >= 0.6 is 0 Å². The molecule has 0 aromatic heterocycles. The van der Waals surface area contributed by atoms with Gasteiger partial charge in [0.2, 0.25) is 0 Å². The first-order chi connectivity index (χ1) is 14.9. The second-order valence-corrected chi connectivity index (χ2v) is 8.18. The van der Waals surface area contributed by atoms with E-state index in [2.05, 4.69) is 10.2 Å². The van der Waals surface area contributed by atoms with E-state index in [1.165, 1.54) is 19.1 Å². The molecule has 0 saturated carbocycles. The Bertz CT molecular complexity index is 926. The summed E-state index contributed by atoms with van der Waals surface area (Å²) >= 11 is 0. The van der Waals surface area contributed by atoms with Crippen molar-refractivity contribution in [2.75, 3.05) is 19.8 Å². The van der Waals surface area contributed by atoms with Gasteiger partial charge in [-0.25, -0.2) is 4.39 Å². The van der Waals surface area contributed by atoms with Crippen molar-refractivity contribution in [2.45, 2.75) is 43.4 Å². The van der Waals surface area contributed by atoms with E-state index in [0.29, 0.717) is 31.9 Å². The zero-order chi connectivity index (χ0) is 23.3. The molecule has 0 bridgehead atoms. The van der Waals surface area contributed by atoms with Crippen LogP contribution < -0.4 is 5.32 Å². The summed E-state index contributed by atoms with van der Waals surface area (Å²) in [5.41, 5.74) is -2.14. The summed E-state index contributed by atoms with van der Waals surface area (Å²) in [4.78, 5) is 2.11. The summed E-state index contributed by atoms with van der Waals surface area (Å²) in [5.74, 6) is -0.608. The molecule has 32 heavy (non-hydrogen) atoms. The fourth-order valence-electron chi connectivity index (χ4n) is 4.55. The van der Waals surface area contributed by atoms with Crippen LogP contribution in [0.15, 0.2) is 42.5 Å². The molecule has 2 aliphatic heterocycles. The molecule has 0 radical (unpaired) electrons. The Balaban J connectivity index is 1.63. The lowest BCUT2D eigenvalue weighted by Crippen LogP contribution is -2.29. The molecule has 0 spiro atoms. The third-order valence-electron chi connectivity index (χ3n) is 6.08. The molecule has 0 amide bonds. The lowest BCUT2D eigenvalue weighted by Gasteiger charge is -2.27. The van der Waals surface area contributed by atoms with Gasteiger partial charge in [-0.3, -0.25) is 4.90 Å². The minimum atomic E-state index is -4.92. The summed E-state index contributed by atoms with van der Waals surface area (Å²) in [7, 11) is 0. The fourth-order valence-corrected chi connectivity index (χ4v) is 4.55. The molecular weight excluding hydrogens is 441 g/mol. The monoisotopic (exact) mass is 462 g/mol. The number of halogens is 7. The highest BCUT2D eigenvalue weighted by Crippen LogP contribution is 2.41. The maximum atomic E-state index is 13.4. The van der Waals surface area contributed by atoms with Gasteiger partial charge in [-0.2, -0.15) is 26.3 Å². The van der Waals surface area contributed by atoms with Crippen LogP contribution in [0.2, 0.25) is 0 Å². The smallest absolute Gasteiger partial charge is 0.369 e. The molecule has 4 rings (SSSR count). The molecule has 2 aromatic rings. The van der Waals surface area contributed by atoms with Crippen LogP contribution in [-0.4, -0.2) is 36.8 Å². The van der Waals surface area contributed by atoms with Crippen molar-refractivity contribution >= 4 is 0 Å².